The fourth-order valence-electron chi connectivity index (χ4n) is 3.17. The molecule has 0 spiro atoms. The van der Waals surface area contributed by atoms with Crippen molar-refractivity contribution >= 4 is 21.6 Å². The molecule has 0 aromatic heterocycles. The molecule has 164 valence electrons. The molecule has 2 aromatic carbocycles. The lowest BCUT2D eigenvalue weighted by Crippen LogP contribution is -2.48. The number of rotatable bonds is 10. The summed E-state index contributed by atoms with van der Waals surface area (Å²) < 4.78 is 36.9. The molecule has 1 amide bonds. The van der Waals surface area contributed by atoms with E-state index in [0.717, 1.165) is 27.4 Å². The van der Waals surface area contributed by atoms with Crippen LogP contribution in [0, 0.1) is 13.8 Å². The largest absolute Gasteiger partial charge is 0.494 e. The van der Waals surface area contributed by atoms with Gasteiger partial charge >= 0.3 is 0 Å². The normalized spacial score (nSPS) is 12.2. The van der Waals surface area contributed by atoms with Gasteiger partial charge in [-0.25, -0.2) is 8.42 Å². The van der Waals surface area contributed by atoms with Crippen LogP contribution in [0.5, 0.6) is 11.5 Å². The highest BCUT2D eigenvalue weighted by atomic mass is 32.2. The summed E-state index contributed by atoms with van der Waals surface area (Å²) in [5, 5.41) is 2.74. The van der Waals surface area contributed by atoms with Gasteiger partial charge in [-0.15, -0.1) is 0 Å². The van der Waals surface area contributed by atoms with Crippen LogP contribution in [0.2, 0.25) is 0 Å². The van der Waals surface area contributed by atoms with Gasteiger partial charge in [-0.05, 0) is 75.2 Å². The zero-order valence-electron chi connectivity index (χ0n) is 18.1. The summed E-state index contributed by atoms with van der Waals surface area (Å²) in [7, 11) is -3.67. The number of ether oxygens (including phenoxy) is 2. The van der Waals surface area contributed by atoms with E-state index in [1.165, 1.54) is 0 Å². The number of hydrogen-bond donors (Lipinski definition) is 1. The first kappa shape index (κ1) is 23.5. The minimum atomic E-state index is -3.67. The standard InChI is InChI=1S/C22H30N2O5S/c1-6-28-20-9-7-19(8-10-20)24(30(5,26)27)18(4)22(25)23-11-12-29-21-14-16(2)13-17(3)15-21/h7-10,13-15,18H,6,11-12H2,1-5H3,(H,23,25)/t18-/m0/s1. The number of benzene rings is 2. The van der Waals surface area contributed by atoms with Crippen LogP contribution in [0.4, 0.5) is 5.69 Å². The Kier molecular flexibility index (Phi) is 8.11. The molecule has 0 heterocycles. The smallest absolute Gasteiger partial charge is 0.243 e. The van der Waals surface area contributed by atoms with Crippen molar-refractivity contribution in [2.45, 2.75) is 33.7 Å². The highest BCUT2D eigenvalue weighted by Crippen LogP contribution is 2.24. The molecule has 2 aromatic rings. The lowest BCUT2D eigenvalue weighted by atomic mass is 10.1. The van der Waals surface area contributed by atoms with Gasteiger partial charge in [0.25, 0.3) is 0 Å². The van der Waals surface area contributed by atoms with Crippen molar-refractivity contribution in [1.29, 1.82) is 0 Å². The van der Waals surface area contributed by atoms with Crippen LogP contribution in [0.25, 0.3) is 0 Å². The predicted octanol–water partition coefficient (Wildman–Crippen LogP) is 3.05. The van der Waals surface area contributed by atoms with Crippen molar-refractivity contribution in [2.75, 3.05) is 30.3 Å². The monoisotopic (exact) mass is 434 g/mol. The van der Waals surface area contributed by atoms with Gasteiger partial charge in [-0.3, -0.25) is 9.10 Å². The Balaban J connectivity index is 1.99. The maximum absolute atomic E-state index is 12.6. The van der Waals surface area contributed by atoms with E-state index in [1.54, 1.807) is 31.2 Å². The summed E-state index contributed by atoms with van der Waals surface area (Å²) >= 11 is 0. The summed E-state index contributed by atoms with van der Waals surface area (Å²) in [6.07, 6.45) is 1.08. The zero-order valence-corrected chi connectivity index (χ0v) is 19.0. The highest BCUT2D eigenvalue weighted by Gasteiger charge is 2.28. The minimum absolute atomic E-state index is 0.261. The third kappa shape index (κ3) is 6.66. The number of nitrogens with one attached hydrogen (secondary N) is 1. The molecule has 2 rings (SSSR count). The molecule has 30 heavy (non-hydrogen) atoms. The zero-order chi connectivity index (χ0) is 22.3. The van der Waals surface area contributed by atoms with Crippen LogP contribution in [-0.4, -0.2) is 46.4 Å². The van der Waals surface area contributed by atoms with Crippen molar-refractivity contribution in [2.24, 2.45) is 0 Å². The Morgan fingerprint density at radius 1 is 1.03 bits per heavy atom. The number of carbonyl (C=O) groups is 1. The molecule has 0 aliphatic carbocycles. The Morgan fingerprint density at radius 2 is 1.63 bits per heavy atom. The second kappa shape index (κ2) is 10.3. The van der Waals surface area contributed by atoms with E-state index in [4.69, 9.17) is 9.47 Å². The van der Waals surface area contributed by atoms with Gasteiger partial charge in [0, 0.05) is 0 Å². The fraction of sp³-hybridized carbons (Fsp3) is 0.409. The van der Waals surface area contributed by atoms with Crippen LogP contribution >= 0.6 is 0 Å². The van der Waals surface area contributed by atoms with Crippen LogP contribution < -0.4 is 19.1 Å². The van der Waals surface area contributed by atoms with Gasteiger partial charge in [0.2, 0.25) is 15.9 Å². The van der Waals surface area contributed by atoms with E-state index in [2.05, 4.69) is 11.4 Å². The van der Waals surface area contributed by atoms with E-state index < -0.39 is 22.0 Å². The Morgan fingerprint density at radius 3 is 2.17 bits per heavy atom. The van der Waals surface area contributed by atoms with Crippen LogP contribution in [0.15, 0.2) is 42.5 Å². The van der Waals surface area contributed by atoms with E-state index >= 15 is 0 Å². The molecular weight excluding hydrogens is 404 g/mol. The molecule has 0 fully saturated rings. The van der Waals surface area contributed by atoms with Gasteiger partial charge in [0.15, 0.2) is 0 Å². The number of aryl methyl sites for hydroxylation is 2. The molecular formula is C22H30N2O5S. The van der Waals surface area contributed by atoms with E-state index in [1.807, 2.05) is 32.9 Å². The molecule has 8 heteroatoms. The van der Waals surface area contributed by atoms with E-state index in [-0.39, 0.29) is 13.2 Å². The van der Waals surface area contributed by atoms with Gasteiger partial charge in [0.05, 0.1) is 25.1 Å². The maximum atomic E-state index is 12.6. The Labute approximate surface area is 179 Å². The Hall–Kier alpha value is -2.74. The lowest BCUT2D eigenvalue weighted by molar-refractivity contribution is -0.121. The fourth-order valence-corrected chi connectivity index (χ4v) is 4.35. The second-order valence-corrected chi connectivity index (χ2v) is 8.98. The topological polar surface area (TPSA) is 84.9 Å². The van der Waals surface area contributed by atoms with Gasteiger partial charge in [-0.1, -0.05) is 6.07 Å². The van der Waals surface area contributed by atoms with Crippen LogP contribution in [0.1, 0.15) is 25.0 Å². The predicted molar refractivity (Wildman–Crippen MR) is 119 cm³/mol. The lowest BCUT2D eigenvalue weighted by Gasteiger charge is -2.28. The molecule has 7 nitrogen and oxygen atoms in total. The van der Waals surface area contributed by atoms with Crippen LogP contribution in [-0.2, 0) is 14.8 Å². The second-order valence-electron chi connectivity index (χ2n) is 7.12. The number of anilines is 1. The minimum Gasteiger partial charge on any atom is -0.494 e. The van der Waals surface area contributed by atoms with Gasteiger partial charge < -0.3 is 14.8 Å². The third-order valence-electron chi connectivity index (χ3n) is 4.36. The summed E-state index contributed by atoms with van der Waals surface area (Å²) in [5.74, 6) is 0.968. The number of sulfonamides is 1. The van der Waals surface area contributed by atoms with Crippen molar-refractivity contribution in [3.05, 3.63) is 53.6 Å². The maximum Gasteiger partial charge on any atom is 0.243 e. The molecule has 1 atom stereocenters. The number of carbonyl (C=O) groups excluding carboxylic acids is 1. The average Bonchev–Trinajstić information content (AvgIpc) is 2.65. The summed E-state index contributed by atoms with van der Waals surface area (Å²) in [6.45, 7) is 8.46. The first-order valence-electron chi connectivity index (χ1n) is 9.83. The summed E-state index contributed by atoms with van der Waals surface area (Å²) in [5.41, 5.74) is 2.60. The molecule has 1 N–H and O–H groups in total. The van der Waals surface area contributed by atoms with Gasteiger partial charge in [0.1, 0.15) is 24.1 Å². The third-order valence-corrected chi connectivity index (χ3v) is 5.60. The highest BCUT2D eigenvalue weighted by molar-refractivity contribution is 7.92. The number of amides is 1. The molecule has 0 aliphatic rings. The number of nitrogens with zero attached hydrogens (tertiary/aromatic N) is 1. The SMILES string of the molecule is CCOc1ccc(N([C@@H](C)C(=O)NCCOc2cc(C)cc(C)c2)S(C)(=O)=O)cc1. The molecule has 0 radical (unpaired) electrons. The molecule has 0 saturated heterocycles. The molecule has 0 bridgehead atoms. The summed E-state index contributed by atoms with van der Waals surface area (Å²) in [4.78, 5) is 12.6. The van der Waals surface area contributed by atoms with E-state index in [9.17, 15) is 13.2 Å². The molecule has 0 aliphatic heterocycles. The molecule has 0 unspecified atom stereocenters. The van der Waals surface area contributed by atoms with Crippen molar-refractivity contribution < 1.29 is 22.7 Å². The molecule has 0 saturated carbocycles. The average molecular weight is 435 g/mol. The number of hydrogen-bond acceptors (Lipinski definition) is 5. The first-order valence-corrected chi connectivity index (χ1v) is 11.7. The summed E-state index contributed by atoms with van der Waals surface area (Å²) in [6, 6.07) is 11.6. The quantitative estimate of drug-likeness (QED) is 0.581. The van der Waals surface area contributed by atoms with Gasteiger partial charge in [-0.2, -0.15) is 0 Å². The van der Waals surface area contributed by atoms with Crippen molar-refractivity contribution in [1.82, 2.24) is 5.32 Å². The van der Waals surface area contributed by atoms with Crippen LogP contribution in [0.3, 0.4) is 0 Å². The van der Waals surface area contributed by atoms with Crippen molar-refractivity contribution in [3.8, 4) is 11.5 Å². The van der Waals surface area contributed by atoms with E-state index in [0.29, 0.717) is 18.0 Å². The Bertz CT molecular complexity index is 938. The first-order chi connectivity index (χ1) is 14.1. The van der Waals surface area contributed by atoms with Crippen molar-refractivity contribution in [3.63, 3.8) is 0 Å².